The molecule has 0 saturated heterocycles. The van der Waals surface area contributed by atoms with Gasteiger partial charge in [-0.15, -0.1) is 0 Å². The molecule has 1 unspecified atom stereocenters. The summed E-state index contributed by atoms with van der Waals surface area (Å²) in [5.74, 6) is 1.82. The van der Waals surface area contributed by atoms with Crippen LogP contribution in [0, 0.1) is 5.92 Å². The molecule has 5 N–H and O–H groups in total. The van der Waals surface area contributed by atoms with Crippen molar-refractivity contribution in [3.05, 3.63) is 22.5 Å². The number of hydrogen-bond donors (Lipinski definition) is 3. The highest BCUT2D eigenvalue weighted by atomic mass is 127. The Bertz CT molecular complexity index is 438. The first-order valence-electron chi connectivity index (χ1n) is 5.28. The molecule has 0 radical (unpaired) electrons. The van der Waals surface area contributed by atoms with Gasteiger partial charge in [-0.3, -0.25) is 0 Å². The van der Waals surface area contributed by atoms with Crippen molar-refractivity contribution >= 4 is 40.3 Å². The smallest absolute Gasteiger partial charge is 0.199 e. The average molecular weight is 348 g/mol. The molecule has 0 spiro atoms. The van der Waals surface area contributed by atoms with E-state index in [2.05, 4.69) is 39.0 Å². The Kier molecular flexibility index (Phi) is 2.39. The normalized spacial score (nSPS) is 33.1. The average Bonchev–Trinajstić information content (AvgIpc) is 2.88. The second kappa shape index (κ2) is 3.56. The fourth-order valence-electron chi connectivity index (χ4n) is 1.98. The summed E-state index contributed by atoms with van der Waals surface area (Å²) in [6.45, 7) is 0. The van der Waals surface area contributed by atoms with Gasteiger partial charge in [0.1, 0.15) is 5.82 Å². The zero-order chi connectivity index (χ0) is 11.3. The molecule has 2 aliphatic heterocycles. The number of rotatable bonds is 2. The minimum Gasteiger partial charge on any atom is -0.383 e. The van der Waals surface area contributed by atoms with Gasteiger partial charge in [0.05, 0.1) is 13.4 Å². The largest absolute Gasteiger partial charge is 0.383 e. The Hall–Kier alpha value is -0.370. The molecule has 1 aliphatic carbocycles. The molecule has 2 heterocycles. The summed E-state index contributed by atoms with van der Waals surface area (Å²) in [5, 5.41) is 3.08. The van der Waals surface area contributed by atoms with E-state index < -0.39 is 0 Å². The molecule has 4 nitrogen and oxygen atoms in total. The number of thioether (sulfide) groups is 1. The SMILES string of the molecule is NC1=NC(N)=C2SC(I)(CC3CC3)C=C2N1. The second-order valence-corrected chi connectivity index (χ2v) is 8.43. The lowest BCUT2D eigenvalue weighted by Gasteiger charge is -2.18. The van der Waals surface area contributed by atoms with Crippen LogP contribution in [0.4, 0.5) is 0 Å². The highest BCUT2D eigenvalue weighted by molar-refractivity contribution is 14.1. The van der Waals surface area contributed by atoms with E-state index in [0.717, 1.165) is 16.5 Å². The number of aliphatic imine (C=N–C) groups is 1. The summed E-state index contributed by atoms with van der Waals surface area (Å²) in [5.41, 5.74) is 12.6. The second-order valence-electron chi connectivity index (χ2n) is 4.43. The molecule has 1 atom stereocenters. The predicted octanol–water partition coefficient (Wildman–Crippen LogP) is 1.59. The summed E-state index contributed by atoms with van der Waals surface area (Å²) in [6, 6.07) is 0. The van der Waals surface area contributed by atoms with E-state index >= 15 is 0 Å². The van der Waals surface area contributed by atoms with E-state index in [9.17, 15) is 0 Å². The number of hydrogen-bond acceptors (Lipinski definition) is 5. The lowest BCUT2D eigenvalue weighted by molar-refractivity contribution is 0.741. The zero-order valence-corrected chi connectivity index (χ0v) is 11.6. The topological polar surface area (TPSA) is 76.4 Å². The molecule has 3 aliphatic rings. The van der Waals surface area contributed by atoms with Crippen molar-refractivity contribution in [2.24, 2.45) is 22.4 Å². The Morgan fingerprint density at radius 3 is 3.00 bits per heavy atom. The number of halogens is 1. The van der Waals surface area contributed by atoms with Gasteiger partial charge in [-0.2, -0.15) is 4.99 Å². The summed E-state index contributed by atoms with van der Waals surface area (Å²) in [7, 11) is 0. The lowest BCUT2D eigenvalue weighted by Crippen LogP contribution is -2.34. The molecular formula is C10H13IN4S. The maximum absolute atomic E-state index is 5.89. The number of alkyl halides is 1. The summed E-state index contributed by atoms with van der Waals surface area (Å²) < 4.78 is 0.126. The van der Waals surface area contributed by atoms with Gasteiger partial charge >= 0.3 is 0 Å². The summed E-state index contributed by atoms with van der Waals surface area (Å²) in [4.78, 5) is 5.11. The van der Waals surface area contributed by atoms with E-state index in [1.165, 1.54) is 19.3 Å². The van der Waals surface area contributed by atoms with Crippen LogP contribution >= 0.6 is 34.4 Å². The van der Waals surface area contributed by atoms with Gasteiger partial charge < -0.3 is 16.8 Å². The maximum Gasteiger partial charge on any atom is 0.199 e. The quantitative estimate of drug-likeness (QED) is 0.523. The molecule has 0 aromatic carbocycles. The maximum atomic E-state index is 5.89. The van der Waals surface area contributed by atoms with Gasteiger partial charge in [0.15, 0.2) is 5.96 Å². The number of nitrogens with two attached hydrogens (primary N) is 2. The third-order valence-electron chi connectivity index (χ3n) is 2.88. The zero-order valence-electron chi connectivity index (χ0n) is 8.66. The molecule has 1 saturated carbocycles. The van der Waals surface area contributed by atoms with Crippen LogP contribution in [0.25, 0.3) is 0 Å². The van der Waals surface area contributed by atoms with Crippen LogP contribution in [0.1, 0.15) is 19.3 Å². The van der Waals surface area contributed by atoms with Crippen LogP contribution in [-0.2, 0) is 0 Å². The highest BCUT2D eigenvalue weighted by Gasteiger charge is 2.41. The van der Waals surface area contributed by atoms with Crippen molar-refractivity contribution in [3.63, 3.8) is 0 Å². The van der Waals surface area contributed by atoms with Crippen LogP contribution in [-0.4, -0.2) is 8.71 Å². The monoisotopic (exact) mass is 348 g/mol. The first kappa shape index (κ1) is 10.8. The Labute approximate surface area is 112 Å². The van der Waals surface area contributed by atoms with Crippen LogP contribution in [0.15, 0.2) is 27.5 Å². The van der Waals surface area contributed by atoms with E-state index in [0.29, 0.717) is 11.8 Å². The van der Waals surface area contributed by atoms with Crippen molar-refractivity contribution in [1.82, 2.24) is 5.32 Å². The first-order valence-corrected chi connectivity index (χ1v) is 7.17. The van der Waals surface area contributed by atoms with Gasteiger partial charge in [0.25, 0.3) is 0 Å². The molecule has 1 fully saturated rings. The molecule has 0 bridgehead atoms. The van der Waals surface area contributed by atoms with E-state index in [4.69, 9.17) is 11.5 Å². The molecule has 16 heavy (non-hydrogen) atoms. The summed E-state index contributed by atoms with van der Waals surface area (Å²) in [6.07, 6.45) is 6.19. The van der Waals surface area contributed by atoms with Crippen LogP contribution in [0.5, 0.6) is 0 Å². The van der Waals surface area contributed by atoms with Crippen molar-refractivity contribution in [2.75, 3.05) is 0 Å². The summed E-state index contributed by atoms with van der Waals surface area (Å²) >= 11 is 4.31. The predicted molar refractivity (Wildman–Crippen MR) is 75.7 cm³/mol. The number of nitrogens with one attached hydrogen (secondary N) is 1. The number of nitrogens with zero attached hydrogens (tertiary/aromatic N) is 1. The molecular weight excluding hydrogens is 335 g/mol. The van der Waals surface area contributed by atoms with E-state index in [1.54, 1.807) is 11.8 Å². The van der Waals surface area contributed by atoms with E-state index in [1.807, 2.05) is 0 Å². The van der Waals surface area contributed by atoms with Gasteiger partial charge in [0, 0.05) is 0 Å². The van der Waals surface area contributed by atoms with Crippen LogP contribution in [0.2, 0.25) is 0 Å². The third kappa shape index (κ3) is 1.92. The van der Waals surface area contributed by atoms with Gasteiger partial charge in [-0.25, -0.2) is 0 Å². The highest BCUT2D eigenvalue weighted by Crippen LogP contribution is 2.55. The van der Waals surface area contributed by atoms with Gasteiger partial charge in [-0.05, 0) is 18.4 Å². The minimum absolute atomic E-state index is 0.126. The van der Waals surface area contributed by atoms with E-state index in [-0.39, 0.29) is 2.75 Å². The molecule has 6 heteroatoms. The van der Waals surface area contributed by atoms with Gasteiger partial charge in [-0.1, -0.05) is 47.2 Å². The minimum atomic E-state index is 0.126. The Balaban J connectivity index is 1.88. The van der Waals surface area contributed by atoms with Crippen LogP contribution < -0.4 is 16.8 Å². The molecule has 0 aromatic rings. The molecule has 3 rings (SSSR count). The lowest BCUT2D eigenvalue weighted by atomic mass is 10.2. The molecule has 0 amide bonds. The van der Waals surface area contributed by atoms with Gasteiger partial charge in [0.2, 0.25) is 0 Å². The number of guanidine groups is 1. The van der Waals surface area contributed by atoms with Crippen LogP contribution in [0.3, 0.4) is 0 Å². The molecule has 86 valence electrons. The fourth-order valence-corrected chi connectivity index (χ4v) is 4.78. The fraction of sp³-hybridized carbons (Fsp3) is 0.500. The Morgan fingerprint density at radius 2 is 2.31 bits per heavy atom. The number of fused-ring (bicyclic) bond motifs is 1. The standard InChI is InChI=1S/C10H13IN4S/c11-10(3-5-1-2-5)4-6-7(16-10)8(12)15-9(13)14-6/h4-5H,1-3,12H2,(H3,13,14,15). The Morgan fingerprint density at radius 1 is 1.56 bits per heavy atom. The van der Waals surface area contributed by atoms with Crippen molar-refractivity contribution < 1.29 is 0 Å². The van der Waals surface area contributed by atoms with Crippen molar-refractivity contribution in [1.29, 1.82) is 0 Å². The van der Waals surface area contributed by atoms with Crippen molar-refractivity contribution in [3.8, 4) is 0 Å². The first-order chi connectivity index (χ1) is 7.56. The van der Waals surface area contributed by atoms with Crippen molar-refractivity contribution in [2.45, 2.75) is 22.0 Å². The molecule has 0 aromatic heterocycles. The third-order valence-corrected chi connectivity index (χ3v) is 5.55.